The molecule has 0 aliphatic carbocycles. The van der Waals surface area contributed by atoms with Crippen LogP contribution in [0.25, 0.3) is 11.3 Å². The molecule has 29 heavy (non-hydrogen) atoms. The zero-order valence-electron chi connectivity index (χ0n) is 17.6. The molecule has 156 valence electrons. The molecule has 0 atom stereocenters. The maximum atomic E-state index is 10.9. The number of halogens is 1. The number of hydrazone groups is 1. The van der Waals surface area contributed by atoms with Crippen LogP contribution in [-0.4, -0.2) is 16.3 Å². The quantitative estimate of drug-likeness (QED) is 0.448. The van der Waals surface area contributed by atoms with Gasteiger partial charge in [0.25, 0.3) is 0 Å². The fourth-order valence-electron chi connectivity index (χ4n) is 2.90. The van der Waals surface area contributed by atoms with Crippen LogP contribution < -0.4 is 22.4 Å². The molecule has 2 heterocycles. The molecule has 3 rings (SSSR count). The highest BCUT2D eigenvalue weighted by atomic mass is 79.9. The van der Waals surface area contributed by atoms with Gasteiger partial charge in [-0.1, -0.05) is 41.5 Å². The smallest absolute Gasteiger partial charge is 0.203 e. The van der Waals surface area contributed by atoms with E-state index in [-0.39, 0.29) is 27.8 Å². The molecular weight excluding hydrogens is 450 g/mol. The number of rotatable bonds is 4. The standard InChI is InChI=1S/C22H27N3O2S.BrH/c1-21(2,3)16-10-14(11-17(19(16)26)22(4,5)6)18-13-28-20(24-18)25-23-12-15-8-7-9-27-15;/h7-13,26H,1-6H3,(H,24,25);1H/p-1/b23-12+;. The van der Waals surface area contributed by atoms with Gasteiger partial charge in [0.05, 0.1) is 18.2 Å². The Morgan fingerprint density at radius 1 is 1.10 bits per heavy atom. The number of hydrogen-bond donors (Lipinski definition) is 2. The predicted octanol–water partition coefficient (Wildman–Crippen LogP) is 3.15. The third-order valence-electron chi connectivity index (χ3n) is 4.42. The van der Waals surface area contributed by atoms with Crippen molar-refractivity contribution in [1.29, 1.82) is 0 Å². The summed E-state index contributed by atoms with van der Waals surface area (Å²) in [5.41, 5.74) is 6.29. The third-order valence-corrected chi connectivity index (χ3v) is 5.17. The second kappa shape index (κ2) is 8.71. The fourth-order valence-corrected chi connectivity index (χ4v) is 3.57. The lowest BCUT2D eigenvalue weighted by molar-refractivity contribution is -0.00000822. The minimum absolute atomic E-state index is 0. The lowest BCUT2D eigenvalue weighted by Crippen LogP contribution is -3.00. The molecule has 0 amide bonds. The van der Waals surface area contributed by atoms with E-state index in [0.29, 0.717) is 16.6 Å². The summed E-state index contributed by atoms with van der Waals surface area (Å²) in [6, 6.07) is 7.72. The van der Waals surface area contributed by atoms with Crippen LogP contribution in [0, 0.1) is 0 Å². The van der Waals surface area contributed by atoms with Crippen molar-refractivity contribution in [2.24, 2.45) is 5.10 Å². The molecule has 5 nitrogen and oxygen atoms in total. The van der Waals surface area contributed by atoms with Gasteiger partial charge in [0.1, 0.15) is 11.5 Å². The number of phenolic OH excluding ortho intramolecular Hbond substituents is 1. The zero-order valence-corrected chi connectivity index (χ0v) is 20.0. The molecule has 0 saturated carbocycles. The zero-order chi connectivity index (χ0) is 20.5. The summed E-state index contributed by atoms with van der Waals surface area (Å²) < 4.78 is 5.22. The van der Waals surface area contributed by atoms with Gasteiger partial charge >= 0.3 is 0 Å². The van der Waals surface area contributed by atoms with Crippen molar-refractivity contribution in [2.75, 3.05) is 5.43 Å². The Kier molecular flexibility index (Phi) is 6.96. The minimum Gasteiger partial charge on any atom is -1.00 e. The van der Waals surface area contributed by atoms with Crippen LogP contribution in [0.3, 0.4) is 0 Å². The lowest BCUT2D eigenvalue weighted by atomic mass is 9.78. The van der Waals surface area contributed by atoms with Gasteiger partial charge in [0.15, 0.2) is 0 Å². The summed E-state index contributed by atoms with van der Waals surface area (Å²) >= 11 is 1.48. The van der Waals surface area contributed by atoms with E-state index in [1.807, 2.05) is 29.6 Å². The first-order valence-electron chi connectivity index (χ1n) is 9.22. The van der Waals surface area contributed by atoms with Gasteiger partial charge in [-0.05, 0) is 35.1 Å². The Hall–Kier alpha value is -2.12. The number of benzene rings is 1. The average molecular weight is 477 g/mol. The summed E-state index contributed by atoms with van der Waals surface area (Å²) in [6.45, 7) is 12.6. The Bertz CT molecular complexity index is 945. The first-order valence-corrected chi connectivity index (χ1v) is 10.1. The van der Waals surface area contributed by atoms with Crippen LogP contribution in [0.5, 0.6) is 5.75 Å². The number of nitrogens with one attached hydrogen (secondary N) is 1. The molecule has 0 aliphatic rings. The van der Waals surface area contributed by atoms with Gasteiger partial charge in [-0.2, -0.15) is 5.10 Å². The van der Waals surface area contributed by atoms with Crippen LogP contribution in [-0.2, 0) is 10.8 Å². The van der Waals surface area contributed by atoms with E-state index >= 15 is 0 Å². The molecule has 0 radical (unpaired) electrons. The summed E-state index contributed by atoms with van der Waals surface area (Å²) in [6.07, 6.45) is 3.21. The van der Waals surface area contributed by atoms with Crippen molar-refractivity contribution in [1.82, 2.24) is 4.98 Å². The van der Waals surface area contributed by atoms with Crippen LogP contribution >= 0.6 is 11.3 Å². The number of aromatic hydroxyl groups is 1. The van der Waals surface area contributed by atoms with Crippen molar-refractivity contribution in [3.8, 4) is 17.0 Å². The first-order chi connectivity index (χ1) is 13.1. The molecule has 7 heteroatoms. The van der Waals surface area contributed by atoms with Gasteiger partial charge in [0.2, 0.25) is 5.13 Å². The van der Waals surface area contributed by atoms with Crippen LogP contribution in [0.1, 0.15) is 58.4 Å². The molecule has 3 aromatic rings. The summed E-state index contributed by atoms with van der Waals surface area (Å²) in [5, 5.41) is 17.7. The molecule has 0 spiro atoms. The number of thiazole rings is 1. The Balaban J connectivity index is 0.00000300. The Morgan fingerprint density at radius 3 is 2.24 bits per heavy atom. The molecule has 2 N–H and O–H groups in total. The van der Waals surface area contributed by atoms with E-state index in [4.69, 9.17) is 4.42 Å². The molecule has 0 bridgehead atoms. The van der Waals surface area contributed by atoms with Gasteiger partial charge in [-0.15, -0.1) is 11.3 Å². The topological polar surface area (TPSA) is 70.7 Å². The third kappa shape index (κ3) is 5.48. The summed E-state index contributed by atoms with van der Waals surface area (Å²) in [7, 11) is 0. The van der Waals surface area contributed by atoms with Crippen LogP contribution in [0.15, 0.2) is 45.4 Å². The predicted molar refractivity (Wildman–Crippen MR) is 117 cm³/mol. The van der Waals surface area contributed by atoms with Gasteiger partial charge in [0, 0.05) is 22.1 Å². The monoisotopic (exact) mass is 476 g/mol. The number of aromatic nitrogens is 1. The van der Waals surface area contributed by atoms with E-state index in [1.54, 1.807) is 12.5 Å². The Morgan fingerprint density at radius 2 is 1.72 bits per heavy atom. The molecule has 0 saturated heterocycles. The van der Waals surface area contributed by atoms with E-state index in [2.05, 4.69) is 57.1 Å². The maximum absolute atomic E-state index is 10.9. The van der Waals surface area contributed by atoms with Gasteiger partial charge in [-0.25, -0.2) is 4.98 Å². The van der Waals surface area contributed by atoms with Crippen LogP contribution in [0.4, 0.5) is 5.13 Å². The Labute approximate surface area is 186 Å². The second-order valence-electron chi connectivity index (χ2n) is 8.84. The molecule has 0 fully saturated rings. The molecule has 1 aromatic carbocycles. The lowest BCUT2D eigenvalue weighted by Gasteiger charge is -2.28. The summed E-state index contributed by atoms with van der Waals surface area (Å²) in [4.78, 5) is 4.66. The van der Waals surface area contributed by atoms with E-state index in [9.17, 15) is 5.11 Å². The van der Waals surface area contributed by atoms with E-state index < -0.39 is 0 Å². The van der Waals surface area contributed by atoms with Crippen molar-refractivity contribution < 1.29 is 26.5 Å². The van der Waals surface area contributed by atoms with Gasteiger partial charge in [-0.3, -0.25) is 5.43 Å². The van der Waals surface area contributed by atoms with Crippen molar-refractivity contribution in [3.63, 3.8) is 0 Å². The molecule has 0 unspecified atom stereocenters. The largest absolute Gasteiger partial charge is 1.00 e. The van der Waals surface area contributed by atoms with Crippen LogP contribution in [0.2, 0.25) is 0 Å². The summed E-state index contributed by atoms with van der Waals surface area (Å²) in [5.74, 6) is 1.05. The van der Waals surface area contributed by atoms with Gasteiger partial charge < -0.3 is 26.5 Å². The first kappa shape index (κ1) is 23.2. The SMILES string of the molecule is CC(C)(C)c1cc(-c2csc(N/N=C/c3ccco3)n2)cc(C(C)(C)C)c1O.[Br-]. The number of anilines is 1. The normalized spacial score (nSPS) is 12.2. The number of phenols is 1. The highest BCUT2D eigenvalue weighted by Crippen LogP contribution is 2.42. The number of furan rings is 1. The second-order valence-corrected chi connectivity index (χ2v) is 9.70. The maximum Gasteiger partial charge on any atom is 0.203 e. The van der Waals surface area contributed by atoms with Crippen molar-refractivity contribution >= 4 is 22.7 Å². The number of nitrogens with zero attached hydrogens (tertiary/aromatic N) is 2. The fraction of sp³-hybridized carbons (Fsp3) is 0.364. The minimum atomic E-state index is -0.176. The van der Waals surface area contributed by atoms with Crippen molar-refractivity contribution in [3.05, 3.63) is 52.8 Å². The average Bonchev–Trinajstić information content (AvgIpc) is 3.25. The highest BCUT2D eigenvalue weighted by molar-refractivity contribution is 7.14. The van der Waals surface area contributed by atoms with E-state index in [1.165, 1.54) is 11.3 Å². The van der Waals surface area contributed by atoms with Crippen molar-refractivity contribution in [2.45, 2.75) is 52.4 Å². The highest BCUT2D eigenvalue weighted by Gasteiger charge is 2.27. The van der Waals surface area contributed by atoms with E-state index in [0.717, 1.165) is 22.4 Å². The molecule has 0 aliphatic heterocycles. The molecule has 2 aromatic heterocycles. The number of hydrogen-bond acceptors (Lipinski definition) is 6. The molecular formula is C22H27BrN3O2S-.